The minimum Gasteiger partial charge on any atom is -0.383 e. The summed E-state index contributed by atoms with van der Waals surface area (Å²) in [5.41, 5.74) is 2.47. The van der Waals surface area contributed by atoms with Crippen molar-refractivity contribution in [1.29, 1.82) is 0 Å². The minimum atomic E-state index is -1.03. The summed E-state index contributed by atoms with van der Waals surface area (Å²) in [7, 11) is 0. The number of hydrogen-bond acceptors (Lipinski definition) is 3. The standard InChI is InChI=1S/C11H8BrClFNOS/c1-5-11(17-4-15-5)10(16)6-2-3-7(12)8(13)9(6)14/h2-4,10,16H,1H3. The fourth-order valence-corrected chi connectivity index (χ4v) is 2.75. The highest BCUT2D eigenvalue weighted by molar-refractivity contribution is 9.10. The molecule has 90 valence electrons. The number of rotatable bonds is 2. The van der Waals surface area contributed by atoms with Crippen LogP contribution in [0.15, 0.2) is 22.1 Å². The summed E-state index contributed by atoms with van der Waals surface area (Å²) >= 11 is 10.2. The average molecular weight is 337 g/mol. The second-order valence-corrected chi connectivity index (χ2v) is 5.59. The summed E-state index contributed by atoms with van der Waals surface area (Å²) in [6, 6.07) is 3.12. The Labute approximate surface area is 115 Å². The Bertz CT molecular complexity index is 560. The maximum absolute atomic E-state index is 13.9. The van der Waals surface area contributed by atoms with Crippen molar-refractivity contribution in [3.63, 3.8) is 0 Å². The van der Waals surface area contributed by atoms with Crippen LogP contribution in [0.5, 0.6) is 0 Å². The lowest BCUT2D eigenvalue weighted by Crippen LogP contribution is -2.03. The predicted molar refractivity (Wildman–Crippen MR) is 70.0 cm³/mol. The Kier molecular flexibility index (Phi) is 3.82. The molecule has 2 aromatic rings. The van der Waals surface area contributed by atoms with Crippen molar-refractivity contribution in [3.05, 3.63) is 49.1 Å². The maximum atomic E-state index is 13.9. The third-order valence-corrected chi connectivity index (χ3v) is 4.63. The van der Waals surface area contributed by atoms with E-state index < -0.39 is 11.9 Å². The number of aliphatic hydroxyl groups excluding tert-OH is 1. The highest BCUT2D eigenvalue weighted by atomic mass is 79.9. The van der Waals surface area contributed by atoms with Crippen molar-refractivity contribution in [2.75, 3.05) is 0 Å². The van der Waals surface area contributed by atoms with E-state index in [9.17, 15) is 9.50 Å². The van der Waals surface area contributed by atoms with Crippen LogP contribution in [0.4, 0.5) is 4.39 Å². The number of halogens is 3. The summed E-state index contributed by atoms with van der Waals surface area (Å²) in [6.45, 7) is 1.77. The van der Waals surface area contributed by atoms with Gasteiger partial charge >= 0.3 is 0 Å². The first-order chi connectivity index (χ1) is 8.02. The largest absolute Gasteiger partial charge is 0.383 e. The van der Waals surface area contributed by atoms with Crippen LogP contribution in [0.25, 0.3) is 0 Å². The Morgan fingerprint density at radius 3 is 2.82 bits per heavy atom. The molecule has 0 aliphatic rings. The fraction of sp³-hybridized carbons (Fsp3) is 0.182. The zero-order chi connectivity index (χ0) is 12.6. The molecule has 0 radical (unpaired) electrons. The van der Waals surface area contributed by atoms with Crippen LogP contribution in [0.3, 0.4) is 0 Å². The molecule has 1 aromatic carbocycles. The number of thiazole rings is 1. The van der Waals surface area contributed by atoms with Crippen LogP contribution in [-0.4, -0.2) is 10.1 Å². The van der Waals surface area contributed by atoms with Crippen molar-refractivity contribution in [1.82, 2.24) is 4.98 Å². The van der Waals surface area contributed by atoms with Gasteiger partial charge in [0.1, 0.15) is 11.9 Å². The summed E-state index contributed by atoms with van der Waals surface area (Å²) in [6.07, 6.45) is -1.03. The van der Waals surface area contributed by atoms with Crippen LogP contribution >= 0.6 is 38.9 Å². The van der Waals surface area contributed by atoms with Crippen LogP contribution in [0.1, 0.15) is 22.2 Å². The number of benzene rings is 1. The molecule has 0 fully saturated rings. The smallest absolute Gasteiger partial charge is 0.149 e. The number of aromatic nitrogens is 1. The van der Waals surface area contributed by atoms with Gasteiger partial charge in [-0.3, -0.25) is 0 Å². The highest BCUT2D eigenvalue weighted by Crippen LogP contribution is 2.34. The molecule has 1 heterocycles. The van der Waals surface area contributed by atoms with E-state index in [1.165, 1.54) is 17.4 Å². The molecule has 1 atom stereocenters. The van der Waals surface area contributed by atoms with Gasteiger partial charge in [0.25, 0.3) is 0 Å². The fourth-order valence-electron chi connectivity index (χ4n) is 1.47. The van der Waals surface area contributed by atoms with E-state index >= 15 is 0 Å². The zero-order valence-electron chi connectivity index (χ0n) is 8.75. The molecule has 0 amide bonds. The molecular formula is C11H8BrClFNOS. The summed E-state index contributed by atoms with van der Waals surface area (Å²) in [5.74, 6) is -0.610. The summed E-state index contributed by atoms with van der Waals surface area (Å²) in [4.78, 5) is 4.65. The van der Waals surface area contributed by atoms with Gasteiger partial charge in [-0.15, -0.1) is 11.3 Å². The molecule has 6 heteroatoms. The number of hydrogen-bond donors (Lipinski definition) is 1. The van der Waals surface area contributed by atoms with Crippen molar-refractivity contribution in [2.24, 2.45) is 0 Å². The maximum Gasteiger partial charge on any atom is 0.149 e. The molecule has 17 heavy (non-hydrogen) atoms. The Balaban J connectivity index is 2.48. The van der Waals surface area contributed by atoms with Gasteiger partial charge in [-0.25, -0.2) is 9.37 Å². The second kappa shape index (κ2) is 5.02. The molecule has 0 saturated carbocycles. The lowest BCUT2D eigenvalue weighted by Gasteiger charge is -2.12. The van der Waals surface area contributed by atoms with Crippen LogP contribution < -0.4 is 0 Å². The van der Waals surface area contributed by atoms with Gasteiger partial charge in [0.05, 0.1) is 21.1 Å². The van der Waals surface area contributed by atoms with E-state index in [0.29, 0.717) is 15.0 Å². The van der Waals surface area contributed by atoms with Gasteiger partial charge in [0.15, 0.2) is 0 Å². The molecule has 1 aromatic heterocycles. The van der Waals surface area contributed by atoms with Crippen LogP contribution in [-0.2, 0) is 0 Å². The van der Waals surface area contributed by atoms with E-state index in [0.717, 1.165) is 0 Å². The minimum absolute atomic E-state index is 0.0243. The van der Waals surface area contributed by atoms with Crippen molar-refractivity contribution >= 4 is 38.9 Å². The van der Waals surface area contributed by atoms with Gasteiger partial charge < -0.3 is 5.11 Å². The van der Waals surface area contributed by atoms with Gasteiger partial charge in [-0.1, -0.05) is 17.7 Å². The molecule has 2 rings (SSSR count). The van der Waals surface area contributed by atoms with E-state index in [-0.39, 0.29) is 10.6 Å². The molecular weight excluding hydrogens is 329 g/mol. The van der Waals surface area contributed by atoms with Gasteiger partial charge in [-0.2, -0.15) is 0 Å². The first kappa shape index (κ1) is 13.0. The summed E-state index contributed by atoms with van der Waals surface area (Å²) in [5, 5.41) is 10.1. The molecule has 1 N–H and O–H groups in total. The first-order valence-electron chi connectivity index (χ1n) is 4.73. The van der Waals surface area contributed by atoms with Crippen LogP contribution in [0, 0.1) is 12.7 Å². The normalized spacial score (nSPS) is 12.8. The monoisotopic (exact) mass is 335 g/mol. The van der Waals surface area contributed by atoms with Gasteiger partial charge in [0, 0.05) is 10.0 Å². The third-order valence-electron chi connectivity index (χ3n) is 2.39. The molecule has 2 nitrogen and oxygen atoms in total. The second-order valence-electron chi connectivity index (χ2n) is 3.47. The number of aryl methyl sites for hydroxylation is 1. The van der Waals surface area contributed by atoms with Crippen molar-refractivity contribution in [2.45, 2.75) is 13.0 Å². The Morgan fingerprint density at radius 1 is 1.53 bits per heavy atom. The lowest BCUT2D eigenvalue weighted by molar-refractivity contribution is 0.218. The zero-order valence-corrected chi connectivity index (χ0v) is 11.9. The third kappa shape index (κ3) is 2.38. The van der Waals surface area contributed by atoms with Crippen molar-refractivity contribution < 1.29 is 9.50 Å². The number of aliphatic hydroxyl groups is 1. The molecule has 0 spiro atoms. The van der Waals surface area contributed by atoms with E-state index in [4.69, 9.17) is 11.6 Å². The van der Waals surface area contributed by atoms with Gasteiger partial charge in [-0.05, 0) is 28.9 Å². The topological polar surface area (TPSA) is 33.1 Å². The number of nitrogens with zero attached hydrogens (tertiary/aromatic N) is 1. The molecule has 0 aliphatic carbocycles. The van der Waals surface area contributed by atoms with E-state index in [1.54, 1.807) is 18.5 Å². The summed E-state index contributed by atoms with van der Waals surface area (Å²) < 4.78 is 14.4. The lowest BCUT2D eigenvalue weighted by atomic mass is 10.1. The van der Waals surface area contributed by atoms with E-state index in [1.807, 2.05) is 0 Å². The van der Waals surface area contributed by atoms with Crippen LogP contribution in [0.2, 0.25) is 5.02 Å². The van der Waals surface area contributed by atoms with Gasteiger partial charge in [0.2, 0.25) is 0 Å². The molecule has 0 aliphatic heterocycles. The van der Waals surface area contributed by atoms with Crippen molar-refractivity contribution in [3.8, 4) is 0 Å². The Hall–Kier alpha value is -0.490. The highest BCUT2D eigenvalue weighted by Gasteiger charge is 2.21. The molecule has 0 saturated heterocycles. The predicted octanol–water partition coefficient (Wildman–Crippen LogP) is 4.09. The quantitative estimate of drug-likeness (QED) is 0.838. The van der Waals surface area contributed by atoms with E-state index in [2.05, 4.69) is 20.9 Å². The molecule has 0 bridgehead atoms. The average Bonchev–Trinajstić information content (AvgIpc) is 2.72. The Morgan fingerprint density at radius 2 is 2.24 bits per heavy atom. The SMILES string of the molecule is Cc1ncsc1C(O)c1ccc(Br)c(Cl)c1F. The molecule has 1 unspecified atom stereocenters. The first-order valence-corrected chi connectivity index (χ1v) is 6.79.